The molecule has 0 spiro atoms. The van der Waals surface area contributed by atoms with Crippen LogP contribution >= 0.6 is 0 Å². The van der Waals surface area contributed by atoms with Crippen LogP contribution in [0.15, 0.2) is 12.3 Å². The van der Waals surface area contributed by atoms with Gasteiger partial charge in [-0.1, -0.05) is 27.7 Å². The zero-order valence-electron chi connectivity index (χ0n) is 16.5. The summed E-state index contributed by atoms with van der Waals surface area (Å²) >= 11 is 0. The molecule has 1 aliphatic heterocycles. The fourth-order valence-corrected chi connectivity index (χ4v) is 3.46. The van der Waals surface area contributed by atoms with Crippen molar-refractivity contribution in [3.8, 4) is 0 Å². The summed E-state index contributed by atoms with van der Waals surface area (Å²) in [4.78, 5) is 14.5. The van der Waals surface area contributed by atoms with Crippen LogP contribution in [0.5, 0.6) is 0 Å². The van der Waals surface area contributed by atoms with E-state index >= 15 is 0 Å². The molecule has 6 nitrogen and oxygen atoms in total. The van der Waals surface area contributed by atoms with Crippen molar-refractivity contribution in [2.24, 2.45) is 0 Å². The molecule has 0 unspecified atom stereocenters. The van der Waals surface area contributed by atoms with E-state index in [1.807, 2.05) is 0 Å². The average Bonchev–Trinajstić information content (AvgIpc) is 2.64. The summed E-state index contributed by atoms with van der Waals surface area (Å²) in [7, 11) is 0. The van der Waals surface area contributed by atoms with Crippen LogP contribution in [0.1, 0.15) is 27.7 Å². The van der Waals surface area contributed by atoms with Gasteiger partial charge in [-0.15, -0.1) is 0 Å². The number of nitrogens with two attached hydrogens (primary N) is 1. The number of hydrogen-bond donors (Lipinski definition) is 1. The van der Waals surface area contributed by atoms with Crippen LogP contribution in [-0.2, 0) is 0 Å². The Morgan fingerprint density at radius 2 is 1.44 bits per heavy atom. The SMILES string of the molecule is CCN(CC)CCN1CCN(CCN(CC)CC)c2ncc(N)cc21. The quantitative estimate of drug-likeness (QED) is 0.698. The summed E-state index contributed by atoms with van der Waals surface area (Å²) in [6, 6.07) is 2.09. The van der Waals surface area contributed by atoms with Crippen LogP contribution in [-0.4, -0.2) is 80.2 Å². The molecular formula is C19H36N6. The summed E-state index contributed by atoms with van der Waals surface area (Å²) in [5, 5.41) is 0. The van der Waals surface area contributed by atoms with E-state index in [2.05, 4.69) is 58.3 Å². The third-order valence-electron chi connectivity index (χ3n) is 5.31. The van der Waals surface area contributed by atoms with E-state index in [1.165, 1.54) is 5.69 Å². The summed E-state index contributed by atoms with van der Waals surface area (Å²) in [5.41, 5.74) is 7.98. The second-order valence-corrected chi connectivity index (χ2v) is 6.64. The summed E-state index contributed by atoms with van der Waals surface area (Å²) in [6.07, 6.45) is 1.79. The standard InChI is InChI=1S/C19H36N6/c1-5-22(6-2)9-11-24-13-14-25(12-10-23(7-3)8-4)19-18(24)15-17(20)16-21-19/h15-16H,5-14,20H2,1-4H3. The van der Waals surface area contributed by atoms with Gasteiger partial charge in [-0.05, 0) is 32.2 Å². The topological polar surface area (TPSA) is 51.9 Å². The highest BCUT2D eigenvalue weighted by molar-refractivity contribution is 5.72. The fourth-order valence-electron chi connectivity index (χ4n) is 3.46. The molecule has 0 saturated heterocycles. The van der Waals surface area contributed by atoms with Gasteiger partial charge in [-0.2, -0.15) is 0 Å². The van der Waals surface area contributed by atoms with Gasteiger partial charge >= 0.3 is 0 Å². The van der Waals surface area contributed by atoms with Gasteiger partial charge in [0.25, 0.3) is 0 Å². The molecule has 1 aromatic rings. The lowest BCUT2D eigenvalue weighted by molar-refractivity contribution is 0.305. The Balaban J connectivity index is 2.08. The molecule has 0 fully saturated rings. The van der Waals surface area contributed by atoms with Gasteiger partial charge < -0.3 is 25.3 Å². The Kier molecular flexibility index (Phi) is 7.78. The lowest BCUT2D eigenvalue weighted by atomic mass is 10.2. The lowest BCUT2D eigenvalue weighted by Crippen LogP contribution is -2.46. The number of anilines is 3. The molecule has 142 valence electrons. The summed E-state index contributed by atoms with van der Waals surface area (Å²) in [5.74, 6) is 1.09. The van der Waals surface area contributed by atoms with Gasteiger partial charge in [0.1, 0.15) is 0 Å². The van der Waals surface area contributed by atoms with E-state index in [9.17, 15) is 0 Å². The molecule has 2 rings (SSSR count). The number of nitrogen functional groups attached to an aromatic ring is 1. The van der Waals surface area contributed by atoms with Crippen molar-refractivity contribution < 1.29 is 0 Å². The molecule has 0 saturated carbocycles. The van der Waals surface area contributed by atoms with E-state index < -0.39 is 0 Å². The maximum absolute atomic E-state index is 6.04. The van der Waals surface area contributed by atoms with Gasteiger partial charge in [0.15, 0.2) is 5.82 Å². The van der Waals surface area contributed by atoms with E-state index in [1.54, 1.807) is 6.20 Å². The van der Waals surface area contributed by atoms with Gasteiger partial charge in [-0.3, -0.25) is 0 Å². The second kappa shape index (κ2) is 9.82. The second-order valence-electron chi connectivity index (χ2n) is 6.64. The van der Waals surface area contributed by atoms with Crippen molar-refractivity contribution in [1.82, 2.24) is 14.8 Å². The number of nitrogens with zero attached hydrogens (tertiary/aromatic N) is 5. The highest BCUT2D eigenvalue weighted by atomic mass is 15.3. The van der Waals surface area contributed by atoms with Crippen LogP contribution in [0, 0.1) is 0 Å². The first-order chi connectivity index (χ1) is 12.1. The maximum atomic E-state index is 6.04. The smallest absolute Gasteiger partial charge is 0.152 e. The summed E-state index contributed by atoms with van der Waals surface area (Å²) < 4.78 is 0. The van der Waals surface area contributed by atoms with Gasteiger partial charge in [-0.25, -0.2) is 4.98 Å². The third-order valence-corrected chi connectivity index (χ3v) is 5.31. The zero-order valence-corrected chi connectivity index (χ0v) is 16.5. The first-order valence-corrected chi connectivity index (χ1v) is 9.82. The molecule has 1 aliphatic rings. The minimum Gasteiger partial charge on any atom is -0.397 e. The number of hydrogen-bond acceptors (Lipinski definition) is 6. The van der Waals surface area contributed by atoms with Crippen molar-refractivity contribution in [1.29, 1.82) is 0 Å². The van der Waals surface area contributed by atoms with Crippen molar-refractivity contribution >= 4 is 17.2 Å². The molecular weight excluding hydrogens is 312 g/mol. The van der Waals surface area contributed by atoms with Crippen LogP contribution in [0.4, 0.5) is 17.2 Å². The van der Waals surface area contributed by atoms with Crippen LogP contribution in [0.25, 0.3) is 0 Å². The predicted octanol–water partition coefficient (Wildman–Crippen LogP) is 1.97. The van der Waals surface area contributed by atoms with Crippen LogP contribution in [0.2, 0.25) is 0 Å². The number of pyridine rings is 1. The molecule has 25 heavy (non-hydrogen) atoms. The number of rotatable bonds is 10. The Hall–Kier alpha value is -1.53. The Morgan fingerprint density at radius 1 is 0.920 bits per heavy atom. The molecule has 2 N–H and O–H groups in total. The van der Waals surface area contributed by atoms with Crippen molar-refractivity contribution in [3.63, 3.8) is 0 Å². The monoisotopic (exact) mass is 348 g/mol. The van der Waals surface area contributed by atoms with Crippen molar-refractivity contribution in [2.75, 3.05) is 81.0 Å². The Morgan fingerprint density at radius 3 is 2.00 bits per heavy atom. The van der Waals surface area contributed by atoms with Crippen molar-refractivity contribution in [3.05, 3.63) is 12.3 Å². The molecule has 0 aliphatic carbocycles. The minimum atomic E-state index is 0.747. The number of likely N-dealkylation sites (N-methyl/N-ethyl adjacent to an activating group) is 2. The molecule has 0 bridgehead atoms. The van der Waals surface area contributed by atoms with E-state index in [-0.39, 0.29) is 0 Å². The minimum absolute atomic E-state index is 0.747. The van der Waals surface area contributed by atoms with Gasteiger partial charge in [0.05, 0.1) is 17.6 Å². The van der Waals surface area contributed by atoms with E-state index in [0.717, 1.165) is 77.0 Å². The fraction of sp³-hybridized carbons (Fsp3) is 0.737. The van der Waals surface area contributed by atoms with Crippen molar-refractivity contribution in [2.45, 2.75) is 27.7 Å². The highest BCUT2D eigenvalue weighted by Gasteiger charge is 2.24. The third kappa shape index (κ3) is 5.22. The highest BCUT2D eigenvalue weighted by Crippen LogP contribution is 2.32. The molecule has 0 radical (unpaired) electrons. The van der Waals surface area contributed by atoms with E-state index in [4.69, 9.17) is 5.73 Å². The molecule has 0 amide bonds. The largest absolute Gasteiger partial charge is 0.397 e. The normalized spacial score (nSPS) is 14.5. The molecule has 0 atom stereocenters. The molecule has 1 aromatic heterocycles. The Bertz CT molecular complexity index is 513. The van der Waals surface area contributed by atoms with Gasteiger partial charge in [0.2, 0.25) is 0 Å². The zero-order chi connectivity index (χ0) is 18.2. The van der Waals surface area contributed by atoms with E-state index in [0.29, 0.717) is 0 Å². The average molecular weight is 349 g/mol. The first kappa shape index (κ1) is 19.8. The number of aromatic nitrogens is 1. The molecule has 2 heterocycles. The number of fused-ring (bicyclic) bond motifs is 1. The molecule has 6 heteroatoms. The lowest BCUT2D eigenvalue weighted by Gasteiger charge is -2.39. The van der Waals surface area contributed by atoms with Crippen LogP contribution < -0.4 is 15.5 Å². The predicted molar refractivity (Wildman–Crippen MR) is 109 cm³/mol. The van der Waals surface area contributed by atoms with Gasteiger partial charge in [0, 0.05) is 39.3 Å². The Labute approximate surface area is 153 Å². The molecule has 0 aromatic carbocycles. The maximum Gasteiger partial charge on any atom is 0.152 e. The summed E-state index contributed by atoms with van der Waals surface area (Å²) in [6.45, 7) is 19.6. The van der Waals surface area contributed by atoms with Crippen LogP contribution in [0.3, 0.4) is 0 Å². The first-order valence-electron chi connectivity index (χ1n) is 9.82.